The van der Waals surface area contributed by atoms with E-state index in [1.807, 2.05) is 6.92 Å². The lowest BCUT2D eigenvalue weighted by atomic mass is 10.3. The molecule has 2 N–H and O–H groups in total. The molecule has 0 fully saturated rings. The number of sulfonamides is 1. The van der Waals surface area contributed by atoms with Crippen molar-refractivity contribution in [3.63, 3.8) is 0 Å². The molecule has 0 heterocycles. The maximum Gasteiger partial charge on any atom is 0.214 e. The molecule has 0 aromatic rings. The van der Waals surface area contributed by atoms with Gasteiger partial charge in [-0.05, 0) is 13.3 Å². The van der Waals surface area contributed by atoms with E-state index in [1.54, 1.807) is 6.92 Å². The van der Waals surface area contributed by atoms with Crippen LogP contribution in [0.1, 0.15) is 20.3 Å². The van der Waals surface area contributed by atoms with E-state index < -0.39 is 10.0 Å². The lowest BCUT2D eigenvalue weighted by molar-refractivity contribution is 0.319. The average molecular weight is 181 g/mol. The molecule has 0 spiro atoms. The third kappa shape index (κ3) is 5.17. The van der Waals surface area contributed by atoms with Crippen LogP contribution in [0.5, 0.6) is 0 Å². The van der Waals surface area contributed by atoms with Crippen molar-refractivity contribution in [3.8, 4) is 0 Å². The summed E-state index contributed by atoms with van der Waals surface area (Å²) < 4.78 is 24.3. The first-order valence-electron chi connectivity index (χ1n) is 3.62. The van der Waals surface area contributed by atoms with Crippen molar-refractivity contribution in [1.29, 1.82) is 0 Å². The maximum absolute atomic E-state index is 10.9. The van der Waals surface area contributed by atoms with Crippen LogP contribution in [0.2, 0.25) is 0 Å². The number of nitrogens with one attached hydrogen (secondary N) is 1. The Hall–Kier alpha value is -0.130. The molecule has 0 aromatic heterocycles. The molecule has 0 aliphatic carbocycles. The predicted molar refractivity (Wildman–Crippen MR) is 43.8 cm³/mol. The molecular weight excluding hydrogens is 166 g/mol. The van der Waals surface area contributed by atoms with Crippen molar-refractivity contribution >= 4 is 10.0 Å². The van der Waals surface area contributed by atoms with E-state index in [2.05, 4.69) is 4.72 Å². The van der Waals surface area contributed by atoms with Gasteiger partial charge in [0.1, 0.15) is 0 Å². The number of aliphatic hydroxyl groups excluding tert-OH is 1. The molecule has 1 atom stereocenters. The summed E-state index contributed by atoms with van der Waals surface area (Å²) in [7, 11) is -3.24. The van der Waals surface area contributed by atoms with Crippen molar-refractivity contribution in [2.45, 2.75) is 26.3 Å². The Labute approximate surface area is 67.7 Å². The van der Waals surface area contributed by atoms with Gasteiger partial charge in [-0.25, -0.2) is 13.1 Å². The summed E-state index contributed by atoms with van der Waals surface area (Å²) in [5.41, 5.74) is 0. The van der Waals surface area contributed by atoms with Gasteiger partial charge in [0, 0.05) is 6.04 Å². The molecule has 5 heteroatoms. The highest BCUT2D eigenvalue weighted by atomic mass is 32.2. The summed E-state index contributed by atoms with van der Waals surface area (Å²) in [6.45, 7) is 3.35. The van der Waals surface area contributed by atoms with Crippen molar-refractivity contribution in [1.82, 2.24) is 4.72 Å². The summed E-state index contributed by atoms with van der Waals surface area (Å²) in [5.74, 6) is -0.211. The molecule has 11 heavy (non-hydrogen) atoms. The fraction of sp³-hybridized carbons (Fsp3) is 1.00. The molecule has 0 rings (SSSR count). The van der Waals surface area contributed by atoms with E-state index in [4.69, 9.17) is 5.11 Å². The van der Waals surface area contributed by atoms with Crippen molar-refractivity contribution < 1.29 is 13.5 Å². The van der Waals surface area contributed by atoms with E-state index in [1.165, 1.54) is 0 Å². The van der Waals surface area contributed by atoms with Gasteiger partial charge in [0.05, 0.1) is 12.4 Å². The van der Waals surface area contributed by atoms with Gasteiger partial charge in [0.25, 0.3) is 0 Å². The van der Waals surface area contributed by atoms with Crippen LogP contribution in [0.4, 0.5) is 0 Å². The van der Waals surface area contributed by atoms with Crippen LogP contribution in [0.15, 0.2) is 0 Å². The molecule has 0 aliphatic heterocycles. The highest BCUT2D eigenvalue weighted by Crippen LogP contribution is 1.92. The Balaban J connectivity index is 3.92. The molecule has 0 aromatic carbocycles. The first kappa shape index (κ1) is 10.9. The smallest absolute Gasteiger partial charge is 0.214 e. The fourth-order valence-corrected chi connectivity index (χ4v) is 1.71. The van der Waals surface area contributed by atoms with Crippen LogP contribution in [-0.4, -0.2) is 31.9 Å². The number of hydrogen-bond acceptors (Lipinski definition) is 3. The zero-order valence-electron chi connectivity index (χ0n) is 6.87. The van der Waals surface area contributed by atoms with Gasteiger partial charge in [-0.3, -0.25) is 0 Å². The quantitative estimate of drug-likeness (QED) is 0.612. The van der Waals surface area contributed by atoms with Gasteiger partial charge in [-0.1, -0.05) is 6.92 Å². The second-order valence-corrected chi connectivity index (χ2v) is 4.34. The average Bonchev–Trinajstić information content (AvgIpc) is 1.86. The van der Waals surface area contributed by atoms with Crippen LogP contribution in [0.3, 0.4) is 0 Å². The van der Waals surface area contributed by atoms with Crippen molar-refractivity contribution in [2.75, 3.05) is 12.4 Å². The minimum Gasteiger partial charge on any atom is -0.395 e. The Morgan fingerprint density at radius 3 is 2.45 bits per heavy atom. The van der Waals surface area contributed by atoms with Gasteiger partial charge in [0.2, 0.25) is 10.0 Å². The molecule has 0 saturated heterocycles. The number of aliphatic hydroxyl groups is 1. The lowest BCUT2D eigenvalue weighted by Gasteiger charge is -2.10. The minimum atomic E-state index is -3.24. The Morgan fingerprint density at radius 2 is 2.09 bits per heavy atom. The fourth-order valence-electron chi connectivity index (χ4n) is 0.569. The van der Waals surface area contributed by atoms with Crippen LogP contribution in [0.25, 0.3) is 0 Å². The van der Waals surface area contributed by atoms with E-state index in [0.29, 0.717) is 0 Å². The Morgan fingerprint density at radius 1 is 1.55 bits per heavy atom. The second-order valence-electron chi connectivity index (χ2n) is 2.47. The van der Waals surface area contributed by atoms with Gasteiger partial charge in [0.15, 0.2) is 0 Å². The summed E-state index contributed by atoms with van der Waals surface area (Å²) in [4.78, 5) is 0. The van der Waals surface area contributed by atoms with Crippen LogP contribution in [0, 0.1) is 0 Å². The van der Waals surface area contributed by atoms with Gasteiger partial charge < -0.3 is 5.11 Å². The van der Waals surface area contributed by atoms with E-state index in [9.17, 15) is 8.42 Å². The predicted octanol–water partition coefficient (Wildman–Crippen LogP) is -0.303. The van der Waals surface area contributed by atoms with E-state index >= 15 is 0 Å². The normalized spacial score (nSPS) is 14.8. The van der Waals surface area contributed by atoms with E-state index in [-0.39, 0.29) is 18.4 Å². The molecule has 68 valence electrons. The number of hydrogen-bond donors (Lipinski definition) is 2. The van der Waals surface area contributed by atoms with Gasteiger partial charge >= 0.3 is 0 Å². The first-order chi connectivity index (χ1) is 5.02. The molecular formula is C6H15NO3S. The topological polar surface area (TPSA) is 66.4 Å². The lowest BCUT2D eigenvalue weighted by Crippen LogP contribution is -2.34. The third-order valence-corrected chi connectivity index (χ3v) is 2.83. The van der Waals surface area contributed by atoms with Crippen LogP contribution in [-0.2, 0) is 10.0 Å². The van der Waals surface area contributed by atoms with Crippen LogP contribution >= 0.6 is 0 Å². The first-order valence-corrected chi connectivity index (χ1v) is 5.28. The summed E-state index contributed by atoms with van der Waals surface area (Å²) in [6.07, 6.45) is 0.755. The molecule has 0 bridgehead atoms. The SMILES string of the molecule is CCC(C)NS(=O)(=O)CCO. The van der Waals surface area contributed by atoms with Crippen molar-refractivity contribution in [2.24, 2.45) is 0 Å². The molecule has 4 nitrogen and oxygen atoms in total. The molecule has 0 radical (unpaired) electrons. The summed E-state index contributed by atoms with van der Waals surface area (Å²) >= 11 is 0. The summed E-state index contributed by atoms with van der Waals surface area (Å²) in [6, 6.07) is -0.0495. The molecule has 0 aliphatic rings. The van der Waals surface area contributed by atoms with E-state index in [0.717, 1.165) is 6.42 Å². The zero-order chi connectivity index (χ0) is 8.91. The Bertz CT molecular complexity index is 188. The molecule has 1 unspecified atom stereocenters. The summed E-state index contributed by atoms with van der Waals surface area (Å²) in [5, 5.41) is 8.37. The minimum absolute atomic E-state index is 0.0495. The maximum atomic E-state index is 10.9. The van der Waals surface area contributed by atoms with Crippen LogP contribution < -0.4 is 4.72 Å². The zero-order valence-corrected chi connectivity index (χ0v) is 7.69. The standard InChI is InChI=1S/C6H15NO3S/c1-3-6(2)7-11(9,10)5-4-8/h6-8H,3-5H2,1-2H3. The second kappa shape index (κ2) is 4.69. The molecule has 0 amide bonds. The Kier molecular flexibility index (Phi) is 4.63. The van der Waals surface area contributed by atoms with Crippen molar-refractivity contribution in [3.05, 3.63) is 0 Å². The number of rotatable bonds is 5. The highest BCUT2D eigenvalue weighted by molar-refractivity contribution is 7.89. The van der Waals surface area contributed by atoms with Gasteiger partial charge in [-0.2, -0.15) is 0 Å². The van der Waals surface area contributed by atoms with Gasteiger partial charge in [-0.15, -0.1) is 0 Å². The molecule has 0 saturated carbocycles. The monoisotopic (exact) mass is 181 g/mol. The highest BCUT2D eigenvalue weighted by Gasteiger charge is 2.11. The third-order valence-electron chi connectivity index (χ3n) is 1.35. The largest absolute Gasteiger partial charge is 0.395 e.